The summed E-state index contributed by atoms with van der Waals surface area (Å²) in [6.07, 6.45) is 0. The topological polar surface area (TPSA) is 35.2 Å². The third-order valence-corrected chi connectivity index (χ3v) is 6.15. The molecule has 0 aliphatic heterocycles. The van der Waals surface area contributed by atoms with Crippen molar-refractivity contribution in [1.82, 2.24) is 0 Å². The van der Waals surface area contributed by atoms with Crippen molar-refractivity contribution >= 4 is 11.8 Å². The molecule has 0 radical (unpaired) electrons. The first-order valence-corrected chi connectivity index (χ1v) is 9.80. The fourth-order valence-electron chi connectivity index (χ4n) is 3.25. The van der Waals surface area contributed by atoms with Gasteiger partial charge in [0.15, 0.2) is 0 Å². The largest absolute Gasteiger partial charge is 0.497 e. The standard InChI is InChI=1S/C23H25NOS/c1-18-8-10-20(11-9-18)23(26-17-16-24,19-6-4-3-5-7-19)21-12-14-22(25-2)15-13-21/h3-15H,16-17,24H2,1-2H3. The van der Waals surface area contributed by atoms with Gasteiger partial charge in [-0.3, -0.25) is 0 Å². The molecule has 0 aliphatic carbocycles. The second-order valence-corrected chi connectivity index (χ2v) is 7.59. The van der Waals surface area contributed by atoms with Gasteiger partial charge >= 0.3 is 0 Å². The van der Waals surface area contributed by atoms with Crippen molar-refractivity contribution in [3.8, 4) is 5.75 Å². The van der Waals surface area contributed by atoms with Gasteiger partial charge in [0.2, 0.25) is 0 Å². The Bertz CT molecular complexity index is 815. The van der Waals surface area contributed by atoms with Crippen LogP contribution in [-0.2, 0) is 4.75 Å². The van der Waals surface area contributed by atoms with Crippen molar-refractivity contribution in [2.75, 3.05) is 19.4 Å². The number of rotatable bonds is 7. The summed E-state index contributed by atoms with van der Waals surface area (Å²) in [5, 5.41) is 0. The Kier molecular flexibility index (Phi) is 6.02. The fourth-order valence-corrected chi connectivity index (χ4v) is 4.58. The summed E-state index contributed by atoms with van der Waals surface area (Å²) < 4.78 is 5.06. The van der Waals surface area contributed by atoms with E-state index in [1.54, 1.807) is 7.11 Å². The van der Waals surface area contributed by atoms with Crippen LogP contribution in [0.5, 0.6) is 5.75 Å². The van der Waals surface area contributed by atoms with E-state index in [0.29, 0.717) is 6.54 Å². The lowest BCUT2D eigenvalue weighted by atomic mass is 9.83. The monoisotopic (exact) mass is 363 g/mol. The van der Waals surface area contributed by atoms with Crippen molar-refractivity contribution in [3.63, 3.8) is 0 Å². The van der Waals surface area contributed by atoms with Crippen LogP contribution in [0.15, 0.2) is 78.9 Å². The van der Waals surface area contributed by atoms with Crippen LogP contribution in [0.2, 0.25) is 0 Å². The molecule has 0 saturated heterocycles. The Morgan fingerprint density at radius 3 is 1.88 bits per heavy atom. The van der Waals surface area contributed by atoms with Gasteiger partial charge in [0.1, 0.15) is 5.75 Å². The van der Waals surface area contributed by atoms with E-state index in [0.717, 1.165) is 11.5 Å². The van der Waals surface area contributed by atoms with Gasteiger partial charge in [-0.15, -0.1) is 11.8 Å². The summed E-state index contributed by atoms with van der Waals surface area (Å²) in [7, 11) is 1.70. The fraction of sp³-hybridized carbons (Fsp3) is 0.217. The van der Waals surface area contributed by atoms with Crippen LogP contribution in [-0.4, -0.2) is 19.4 Å². The smallest absolute Gasteiger partial charge is 0.118 e. The molecule has 134 valence electrons. The van der Waals surface area contributed by atoms with Crippen molar-refractivity contribution in [2.24, 2.45) is 5.73 Å². The van der Waals surface area contributed by atoms with Gasteiger partial charge in [-0.2, -0.15) is 0 Å². The molecule has 3 heteroatoms. The molecule has 0 aromatic heterocycles. The van der Waals surface area contributed by atoms with Gasteiger partial charge < -0.3 is 10.5 Å². The summed E-state index contributed by atoms with van der Waals surface area (Å²) in [4.78, 5) is 0. The number of ether oxygens (including phenoxy) is 1. The number of methoxy groups -OCH3 is 1. The van der Waals surface area contributed by atoms with Crippen molar-refractivity contribution in [2.45, 2.75) is 11.7 Å². The third-order valence-electron chi connectivity index (χ3n) is 4.57. The minimum absolute atomic E-state index is 0.305. The van der Waals surface area contributed by atoms with E-state index in [-0.39, 0.29) is 4.75 Å². The third kappa shape index (κ3) is 3.64. The molecule has 3 rings (SSSR count). The lowest BCUT2D eigenvalue weighted by Crippen LogP contribution is -2.27. The van der Waals surface area contributed by atoms with Gasteiger partial charge in [-0.25, -0.2) is 0 Å². The zero-order valence-corrected chi connectivity index (χ0v) is 16.1. The Labute approximate surface area is 160 Å². The van der Waals surface area contributed by atoms with E-state index in [4.69, 9.17) is 10.5 Å². The minimum Gasteiger partial charge on any atom is -0.497 e. The Morgan fingerprint density at radius 1 is 0.808 bits per heavy atom. The number of nitrogens with two attached hydrogens (primary N) is 1. The Hall–Kier alpha value is -2.23. The average molecular weight is 364 g/mol. The predicted octanol–water partition coefficient (Wildman–Crippen LogP) is 4.99. The van der Waals surface area contributed by atoms with E-state index in [2.05, 4.69) is 73.7 Å². The number of aryl methyl sites for hydroxylation is 1. The summed E-state index contributed by atoms with van der Waals surface area (Å²) in [5.74, 6) is 1.73. The van der Waals surface area contributed by atoms with Crippen LogP contribution >= 0.6 is 11.8 Å². The first-order valence-electron chi connectivity index (χ1n) is 8.82. The van der Waals surface area contributed by atoms with Crippen molar-refractivity contribution in [3.05, 3.63) is 101 Å². The summed E-state index contributed by atoms with van der Waals surface area (Å²) in [6.45, 7) is 2.76. The molecule has 3 aromatic rings. The van der Waals surface area contributed by atoms with Crippen LogP contribution in [0, 0.1) is 6.92 Å². The zero-order chi connectivity index (χ0) is 18.4. The van der Waals surface area contributed by atoms with Crippen molar-refractivity contribution < 1.29 is 4.74 Å². The van der Waals surface area contributed by atoms with Crippen LogP contribution in [0.25, 0.3) is 0 Å². The molecule has 1 atom stereocenters. The first-order chi connectivity index (χ1) is 12.7. The molecule has 3 aromatic carbocycles. The van der Waals surface area contributed by atoms with Gasteiger partial charge in [-0.1, -0.05) is 72.3 Å². The lowest BCUT2D eigenvalue weighted by Gasteiger charge is -2.35. The molecule has 0 heterocycles. The number of hydrogen-bond acceptors (Lipinski definition) is 3. The minimum atomic E-state index is -0.305. The van der Waals surface area contributed by atoms with Gasteiger partial charge in [-0.05, 0) is 35.7 Å². The molecule has 26 heavy (non-hydrogen) atoms. The highest BCUT2D eigenvalue weighted by atomic mass is 32.2. The van der Waals surface area contributed by atoms with Crippen LogP contribution in [0.3, 0.4) is 0 Å². The van der Waals surface area contributed by atoms with E-state index < -0.39 is 0 Å². The highest BCUT2D eigenvalue weighted by Gasteiger charge is 2.36. The second kappa shape index (κ2) is 8.43. The Morgan fingerprint density at radius 2 is 1.35 bits per heavy atom. The summed E-state index contributed by atoms with van der Waals surface area (Å²) in [5.41, 5.74) is 10.9. The van der Waals surface area contributed by atoms with Gasteiger partial charge in [0, 0.05) is 12.3 Å². The SMILES string of the molecule is COc1ccc(C(SCCN)(c2ccccc2)c2ccc(C)cc2)cc1. The summed E-state index contributed by atoms with van der Waals surface area (Å²) >= 11 is 1.88. The Balaban J connectivity index is 2.24. The molecule has 0 amide bonds. The summed E-state index contributed by atoms with van der Waals surface area (Å²) in [6, 6.07) is 27.9. The molecule has 0 aliphatic rings. The second-order valence-electron chi connectivity index (χ2n) is 6.28. The van der Waals surface area contributed by atoms with Crippen LogP contribution < -0.4 is 10.5 Å². The number of benzene rings is 3. The molecular formula is C23H25NOS. The van der Waals surface area contributed by atoms with E-state index >= 15 is 0 Å². The first kappa shape index (κ1) is 18.6. The lowest BCUT2D eigenvalue weighted by molar-refractivity contribution is 0.414. The number of thioether (sulfide) groups is 1. The molecular weight excluding hydrogens is 338 g/mol. The van der Waals surface area contributed by atoms with Crippen LogP contribution in [0.4, 0.5) is 0 Å². The van der Waals surface area contributed by atoms with E-state index in [1.165, 1.54) is 22.3 Å². The molecule has 0 spiro atoms. The molecule has 2 nitrogen and oxygen atoms in total. The highest BCUT2D eigenvalue weighted by molar-refractivity contribution is 8.00. The predicted molar refractivity (Wildman–Crippen MR) is 112 cm³/mol. The molecule has 0 saturated carbocycles. The van der Waals surface area contributed by atoms with Gasteiger partial charge in [0.05, 0.1) is 11.9 Å². The molecule has 0 bridgehead atoms. The zero-order valence-electron chi connectivity index (χ0n) is 15.3. The van der Waals surface area contributed by atoms with E-state index in [1.807, 2.05) is 23.9 Å². The maximum Gasteiger partial charge on any atom is 0.118 e. The normalized spacial score (nSPS) is 13.2. The highest BCUT2D eigenvalue weighted by Crippen LogP contribution is 2.48. The van der Waals surface area contributed by atoms with Gasteiger partial charge in [0.25, 0.3) is 0 Å². The number of hydrogen-bond donors (Lipinski definition) is 1. The van der Waals surface area contributed by atoms with Crippen LogP contribution in [0.1, 0.15) is 22.3 Å². The molecule has 2 N–H and O–H groups in total. The quantitative estimate of drug-likeness (QED) is 0.601. The van der Waals surface area contributed by atoms with Crippen molar-refractivity contribution in [1.29, 1.82) is 0 Å². The molecule has 1 unspecified atom stereocenters. The van der Waals surface area contributed by atoms with E-state index in [9.17, 15) is 0 Å². The maximum atomic E-state index is 5.90. The maximum absolute atomic E-state index is 5.90. The average Bonchev–Trinajstić information content (AvgIpc) is 2.71. The molecule has 0 fully saturated rings.